The molecule has 0 radical (unpaired) electrons. The number of carbonyl (C=O) groups is 8. The van der Waals surface area contributed by atoms with Gasteiger partial charge in [0.25, 0.3) is 23.6 Å². The van der Waals surface area contributed by atoms with Crippen molar-refractivity contribution in [1.29, 1.82) is 0 Å². The number of hydrogen-bond acceptors (Lipinski definition) is 15. The Kier molecular flexibility index (Phi) is 14.5. The number of hydrogen-bond donors (Lipinski definition) is 5. The van der Waals surface area contributed by atoms with Crippen LogP contribution < -0.4 is 27.9 Å². The summed E-state index contributed by atoms with van der Waals surface area (Å²) in [6, 6.07) is 5.88. The number of rotatable bonds is 6. The summed E-state index contributed by atoms with van der Waals surface area (Å²) >= 11 is 0. The van der Waals surface area contributed by atoms with Crippen molar-refractivity contribution in [2.75, 3.05) is 12.0 Å². The zero-order valence-corrected chi connectivity index (χ0v) is 26.3. The Bertz CT molecular complexity index is 1270. The van der Waals surface area contributed by atoms with Crippen LogP contribution in [0.4, 0.5) is 15.3 Å². The lowest BCUT2D eigenvalue weighted by molar-refractivity contribution is -0.196. The van der Waals surface area contributed by atoms with Gasteiger partial charge in [-0.3, -0.25) is 30.0 Å². The van der Waals surface area contributed by atoms with Gasteiger partial charge in [0.2, 0.25) is 0 Å². The summed E-state index contributed by atoms with van der Waals surface area (Å²) in [6.07, 6.45) is -1.01. The van der Waals surface area contributed by atoms with Gasteiger partial charge in [0.05, 0.1) is 17.8 Å². The Hall–Kier alpha value is -5.30. The lowest BCUT2D eigenvalue weighted by Gasteiger charge is -2.20. The van der Waals surface area contributed by atoms with Gasteiger partial charge in [-0.2, -0.15) is 0 Å². The first kappa shape index (κ1) is 38.7. The summed E-state index contributed by atoms with van der Waals surface area (Å²) in [5, 5.41) is 0.952. The maximum atomic E-state index is 11.9. The summed E-state index contributed by atoms with van der Waals surface area (Å²) in [5.74, 6) is 1.05. The standard InChI is InChI=1S/C16H19N3O6.C6H8N2O4.C5H12N2O2/c1-16(2,3)24-15(23)18-17-11-6-4-10(5-7-11)14(22)25-19-12(20)8-9-13(19)21;7-3-6(11)12-8-4(9)1-2-5(8)10;1-5(2,3)9-4(8)7-6/h4-7,17H,8-9H2,1-3H3,(H,18,23);1-3,7H2;6H2,1-3H3,(H,7,8). The number of nitrogens with zero attached hydrogens (tertiary/aromatic N) is 2. The number of hydrazine groups is 2. The number of imide groups is 2. The van der Waals surface area contributed by atoms with Crippen LogP contribution in [0.15, 0.2) is 24.3 Å². The zero-order valence-electron chi connectivity index (χ0n) is 26.3. The zero-order chi connectivity index (χ0) is 35.2. The average molecular weight is 654 g/mol. The second kappa shape index (κ2) is 17.3. The molecule has 0 aliphatic carbocycles. The highest BCUT2D eigenvalue weighted by molar-refractivity contribution is 6.03. The summed E-state index contributed by atoms with van der Waals surface area (Å²) in [6.45, 7) is 10.2. The molecule has 46 heavy (non-hydrogen) atoms. The molecule has 2 fully saturated rings. The van der Waals surface area contributed by atoms with Crippen molar-refractivity contribution in [3.63, 3.8) is 0 Å². The molecule has 254 valence electrons. The number of anilines is 1. The third kappa shape index (κ3) is 14.4. The van der Waals surface area contributed by atoms with Crippen molar-refractivity contribution in [1.82, 2.24) is 21.0 Å². The Morgan fingerprint density at radius 1 is 0.717 bits per heavy atom. The SMILES string of the molecule is CC(C)(C)OC(=O)NN.CC(C)(C)OC(=O)NNc1ccc(C(=O)ON2C(=O)CCC2=O)cc1.NCC(=O)ON1C(=O)CCC1=O. The van der Waals surface area contributed by atoms with Crippen molar-refractivity contribution in [3.8, 4) is 0 Å². The average Bonchev–Trinajstić information content (AvgIpc) is 3.45. The van der Waals surface area contributed by atoms with Crippen LogP contribution >= 0.6 is 0 Å². The van der Waals surface area contributed by atoms with Crippen LogP contribution in [0.25, 0.3) is 0 Å². The lowest BCUT2D eigenvalue weighted by Crippen LogP contribution is -2.36. The minimum Gasteiger partial charge on any atom is -0.443 e. The highest BCUT2D eigenvalue weighted by atomic mass is 16.7. The Morgan fingerprint density at radius 3 is 1.50 bits per heavy atom. The molecular formula is C27H39N7O12. The molecule has 19 heteroatoms. The molecule has 0 atom stereocenters. The molecule has 0 spiro atoms. The number of nitrogens with one attached hydrogen (secondary N) is 3. The first-order chi connectivity index (χ1) is 21.3. The van der Waals surface area contributed by atoms with E-state index in [1.54, 1.807) is 41.5 Å². The molecule has 7 N–H and O–H groups in total. The number of benzene rings is 1. The van der Waals surface area contributed by atoms with Crippen LogP contribution in [-0.4, -0.2) is 75.6 Å². The first-order valence-electron chi connectivity index (χ1n) is 13.7. The van der Waals surface area contributed by atoms with Gasteiger partial charge in [-0.15, -0.1) is 10.1 Å². The second-order valence-corrected chi connectivity index (χ2v) is 11.2. The van der Waals surface area contributed by atoms with Crippen LogP contribution in [-0.2, 0) is 43.1 Å². The van der Waals surface area contributed by atoms with E-state index < -0.39 is 59.0 Å². The first-order valence-corrected chi connectivity index (χ1v) is 13.7. The molecule has 1 aromatic rings. The predicted octanol–water partition coefficient (Wildman–Crippen LogP) is 0.696. The molecule has 2 aliphatic rings. The van der Waals surface area contributed by atoms with Crippen molar-refractivity contribution in [3.05, 3.63) is 29.8 Å². The molecule has 0 saturated carbocycles. The smallest absolute Gasteiger partial charge is 0.426 e. The number of nitrogens with two attached hydrogens (primary N) is 2. The summed E-state index contributed by atoms with van der Waals surface area (Å²) in [5.41, 5.74) is 11.3. The highest BCUT2D eigenvalue weighted by Crippen LogP contribution is 2.16. The highest BCUT2D eigenvalue weighted by Gasteiger charge is 2.33. The predicted molar refractivity (Wildman–Crippen MR) is 156 cm³/mol. The van der Waals surface area contributed by atoms with E-state index in [0.717, 1.165) is 0 Å². The third-order valence-corrected chi connectivity index (χ3v) is 4.89. The molecule has 0 bridgehead atoms. The number of amides is 6. The van der Waals surface area contributed by atoms with Crippen LogP contribution in [0, 0.1) is 0 Å². The molecule has 0 unspecified atom stereocenters. The quantitative estimate of drug-likeness (QED) is 0.122. The van der Waals surface area contributed by atoms with E-state index in [-0.39, 0.29) is 37.8 Å². The van der Waals surface area contributed by atoms with Gasteiger partial charge in [-0.05, 0) is 65.8 Å². The molecule has 2 saturated heterocycles. The fraction of sp³-hybridized carbons (Fsp3) is 0.481. The van der Waals surface area contributed by atoms with E-state index in [0.29, 0.717) is 15.8 Å². The van der Waals surface area contributed by atoms with E-state index in [1.165, 1.54) is 24.3 Å². The molecule has 6 amide bonds. The van der Waals surface area contributed by atoms with Crippen LogP contribution in [0.2, 0.25) is 0 Å². The maximum absolute atomic E-state index is 11.9. The third-order valence-electron chi connectivity index (χ3n) is 4.89. The van der Waals surface area contributed by atoms with Gasteiger partial charge in [0.15, 0.2) is 0 Å². The molecule has 3 rings (SSSR count). The molecular weight excluding hydrogens is 614 g/mol. The van der Waals surface area contributed by atoms with Gasteiger partial charge in [-0.25, -0.2) is 30.4 Å². The fourth-order valence-electron chi connectivity index (χ4n) is 3.01. The minimum absolute atomic E-state index is 0.0330. The van der Waals surface area contributed by atoms with E-state index in [2.05, 4.69) is 15.7 Å². The minimum atomic E-state index is -0.824. The summed E-state index contributed by atoms with van der Waals surface area (Å²) < 4.78 is 9.77. The fourth-order valence-corrected chi connectivity index (χ4v) is 3.01. The van der Waals surface area contributed by atoms with Crippen LogP contribution in [0.1, 0.15) is 77.6 Å². The van der Waals surface area contributed by atoms with Crippen molar-refractivity contribution in [2.45, 2.75) is 78.4 Å². The van der Waals surface area contributed by atoms with E-state index >= 15 is 0 Å². The van der Waals surface area contributed by atoms with E-state index in [9.17, 15) is 38.4 Å². The second-order valence-electron chi connectivity index (χ2n) is 11.2. The largest absolute Gasteiger partial charge is 0.443 e. The normalized spacial score (nSPS) is 14.3. The lowest BCUT2D eigenvalue weighted by atomic mass is 10.2. The Morgan fingerprint density at radius 2 is 1.13 bits per heavy atom. The van der Waals surface area contributed by atoms with Gasteiger partial charge in [0, 0.05) is 25.7 Å². The van der Waals surface area contributed by atoms with E-state index in [4.69, 9.17) is 25.9 Å². The Balaban J connectivity index is 0.000000416. The topological polar surface area (TPSA) is 268 Å². The van der Waals surface area contributed by atoms with Crippen LogP contribution in [0.3, 0.4) is 0 Å². The number of hydroxylamine groups is 4. The van der Waals surface area contributed by atoms with Crippen molar-refractivity contribution < 1.29 is 57.5 Å². The summed E-state index contributed by atoms with van der Waals surface area (Å²) in [4.78, 5) is 98.0. The molecule has 0 aromatic heterocycles. The monoisotopic (exact) mass is 653 g/mol. The molecule has 2 heterocycles. The van der Waals surface area contributed by atoms with Gasteiger partial charge >= 0.3 is 24.1 Å². The molecule has 1 aromatic carbocycles. The van der Waals surface area contributed by atoms with Crippen molar-refractivity contribution >= 4 is 53.4 Å². The van der Waals surface area contributed by atoms with Crippen molar-refractivity contribution in [2.24, 2.45) is 11.6 Å². The van der Waals surface area contributed by atoms with E-state index in [1.807, 2.05) is 5.43 Å². The van der Waals surface area contributed by atoms with Gasteiger partial charge in [-0.1, -0.05) is 0 Å². The number of ether oxygens (including phenoxy) is 2. The molecule has 19 nitrogen and oxygen atoms in total. The molecule has 2 aliphatic heterocycles. The van der Waals surface area contributed by atoms with Gasteiger partial charge in [0.1, 0.15) is 11.2 Å². The van der Waals surface area contributed by atoms with Gasteiger partial charge < -0.3 is 24.9 Å². The maximum Gasteiger partial charge on any atom is 0.426 e. The van der Waals surface area contributed by atoms with Crippen LogP contribution in [0.5, 0.6) is 0 Å². The Labute approximate surface area is 264 Å². The summed E-state index contributed by atoms with van der Waals surface area (Å²) in [7, 11) is 0. The number of carbonyl (C=O) groups excluding carboxylic acids is 8.